The minimum Gasteiger partial charge on any atom is -0.463 e. The largest absolute Gasteiger partial charge is 0.463 e. The van der Waals surface area contributed by atoms with Crippen LogP contribution in [0.3, 0.4) is 0 Å². The third-order valence-corrected chi connectivity index (χ3v) is 7.24. The van der Waals surface area contributed by atoms with Gasteiger partial charge in [-0.25, -0.2) is 9.98 Å². The van der Waals surface area contributed by atoms with Crippen LogP contribution in [0.4, 0.5) is 11.4 Å². The highest BCUT2D eigenvalue weighted by Crippen LogP contribution is 2.40. The van der Waals surface area contributed by atoms with Crippen LogP contribution < -0.4 is 0 Å². The van der Waals surface area contributed by atoms with Crippen molar-refractivity contribution in [3.8, 4) is 11.3 Å². The molecule has 4 aromatic rings. The molecule has 0 bridgehead atoms. The predicted molar refractivity (Wildman–Crippen MR) is 152 cm³/mol. The fourth-order valence-corrected chi connectivity index (χ4v) is 5.23. The number of aryl methyl sites for hydroxylation is 5. The first kappa shape index (κ1) is 24.0. The Morgan fingerprint density at radius 3 is 1.56 bits per heavy atom. The van der Waals surface area contributed by atoms with Gasteiger partial charge < -0.3 is 4.42 Å². The van der Waals surface area contributed by atoms with Crippen molar-refractivity contribution < 1.29 is 4.42 Å². The van der Waals surface area contributed by atoms with Gasteiger partial charge in [-0.1, -0.05) is 88.4 Å². The number of benzene rings is 3. The molecule has 0 atom stereocenters. The van der Waals surface area contributed by atoms with Crippen LogP contribution in [0.25, 0.3) is 11.3 Å². The van der Waals surface area contributed by atoms with E-state index in [1.807, 2.05) is 6.26 Å². The zero-order valence-corrected chi connectivity index (χ0v) is 22.0. The summed E-state index contributed by atoms with van der Waals surface area (Å²) in [4.78, 5) is 10.9. The van der Waals surface area contributed by atoms with Crippen LogP contribution >= 0.6 is 0 Å². The van der Waals surface area contributed by atoms with Crippen molar-refractivity contribution in [2.24, 2.45) is 9.98 Å². The molecule has 1 aromatic heterocycles. The summed E-state index contributed by atoms with van der Waals surface area (Å²) in [6.45, 7) is 10.9. The number of hydrogen-bond acceptors (Lipinski definition) is 3. The fraction of sp³-hybridized carbons (Fsp3) is 0.273. The molecular formula is C33H34N2O. The molecule has 0 fully saturated rings. The van der Waals surface area contributed by atoms with Crippen LogP contribution in [0.15, 0.2) is 81.3 Å². The van der Waals surface area contributed by atoms with Crippen LogP contribution in [0.1, 0.15) is 66.6 Å². The molecular weight excluding hydrogens is 440 g/mol. The lowest BCUT2D eigenvalue weighted by atomic mass is 9.85. The first-order valence-electron chi connectivity index (χ1n) is 13.2. The lowest BCUT2D eigenvalue weighted by Gasteiger charge is -2.22. The Hall–Kier alpha value is -3.72. The van der Waals surface area contributed by atoms with Crippen LogP contribution in [0, 0.1) is 6.92 Å². The summed E-state index contributed by atoms with van der Waals surface area (Å²) < 4.78 is 6.15. The minimum atomic E-state index is 0.882. The minimum absolute atomic E-state index is 0.882. The van der Waals surface area contributed by atoms with Gasteiger partial charge in [-0.2, -0.15) is 0 Å². The van der Waals surface area contributed by atoms with Crippen molar-refractivity contribution in [3.05, 3.63) is 106 Å². The average molecular weight is 475 g/mol. The van der Waals surface area contributed by atoms with E-state index in [1.165, 1.54) is 22.3 Å². The first-order valence-corrected chi connectivity index (χ1v) is 13.2. The van der Waals surface area contributed by atoms with E-state index < -0.39 is 0 Å². The van der Waals surface area contributed by atoms with E-state index in [-0.39, 0.29) is 0 Å². The lowest BCUT2D eigenvalue weighted by molar-refractivity contribution is 0.579. The maximum Gasteiger partial charge on any atom is 0.144 e. The molecule has 0 saturated heterocycles. The van der Waals surface area contributed by atoms with E-state index in [0.717, 1.165) is 76.5 Å². The summed E-state index contributed by atoms with van der Waals surface area (Å²) in [6, 6.07) is 21.5. The van der Waals surface area contributed by atoms with Gasteiger partial charge in [0.05, 0.1) is 28.9 Å². The SMILES string of the molecule is CCc1cccc(CC)c1/N=C1/C(=N/c2c(CC)cccc2CC)c2c(C)coc2-c2ccccc21. The molecule has 3 heteroatoms. The van der Waals surface area contributed by atoms with Crippen LogP contribution in [0.5, 0.6) is 0 Å². The number of aliphatic imine (C=N–C) groups is 2. The van der Waals surface area contributed by atoms with Gasteiger partial charge in [0.25, 0.3) is 0 Å². The zero-order valence-electron chi connectivity index (χ0n) is 22.0. The fourth-order valence-electron chi connectivity index (χ4n) is 5.23. The smallest absolute Gasteiger partial charge is 0.144 e. The monoisotopic (exact) mass is 474 g/mol. The molecule has 0 radical (unpaired) electrons. The summed E-state index contributed by atoms with van der Waals surface area (Å²) in [7, 11) is 0. The Morgan fingerprint density at radius 1 is 0.583 bits per heavy atom. The summed E-state index contributed by atoms with van der Waals surface area (Å²) in [6.07, 6.45) is 5.58. The number of fused-ring (bicyclic) bond motifs is 3. The van der Waals surface area contributed by atoms with Crippen molar-refractivity contribution in [1.29, 1.82) is 0 Å². The van der Waals surface area contributed by atoms with E-state index in [2.05, 4.69) is 95.3 Å². The van der Waals surface area contributed by atoms with Gasteiger partial charge in [-0.05, 0) is 60.4 Å². The normalized spacial score (nSPS) is 14.8. The molecule has 3 aromatic carbocycles. The maximum absolute atomic E-state index is 6.15. The number of hydrogen-bond donors (Lipinski definition) is 0. The standard InChI is InChI=1S/C33H34N2O/c1-6-22-14-12-15-23(7-2)29(22)34-31-26-18-10-11-19-27(26)33-28(21(5)20-36-33)32(31)35-30-24(8-3)16-13-17-25(30)9-4/h10-20H,6-9H2,1-5H3/b34-31+,35-32+. The van der Waals surface area contributed by atoms with Crippen molar-refractivity contribution in [2.45, 2.75) is 60.3 Å². The number of furan rings is 1. The summed E-state index contributed by atoms with van der Waals surface area (Å²) >= 11 is 0. The molecule has 0 unspecified atom stereocenters. The van der Waals surface area contributed by atoms with Crippen molar-refractivity contribution in [2.75, 3.05) is 0 Å². The second kappa shape index (κ2) is 10.1. The molecule has 3 nitrogen and oxygen atoms in total. The summed E-state index contributed by atoms with van der Waals surface area (Å²) in [5.74, 6) is 0.882. The summed E-state index contributed by atoms with van der Waals surface area (Å²) in [5, 5.41) is 0. The zero-order chi connectivity index (χ0) is 25.2. The van der Waals surface area contributed by atoms with Crippen molar-refractivity contribution >= 4 is 22.8 Å². The molecule has 36 heavy (non-hydrogen) atoms. The predicted octanol–water partition coefficient (Wildman–Crippen LogP) is 8.76. The van der Waals surface area contributed by atoms with Crippen molar-refractivity contribution in [3.63, 3.8) is 0 Å². The van der Waals surface area contributed by atoms with Crippen LogP contribution in [-0.2, 0) is 25.7 Å². The molecule has 1 aliphatic carbocycles. The molecule has 1 heterocycles. The van der Waals surface area contributed by atoms with Gasteiger partial charge in [0.15, 0.2) is 0 Å². The molecule has 1 aliphatic rings. The Bertz CT molecular complexity index is 1440. The van der Waals surface area contributed by atoms with E-state index >= 15 is 0 Å². The maximum atomic E-state index is 6.15. The molecule has 0 amide bonds. The molecule has 0 spiro atoms. The van der Waals surface area contributed by atoms with Gasteiger partial charge in [0.2, 0.25) is 0 Å². The first-order chi connectivity index (χ1) is 17.6. The molecule has 0 N–H and O–H groups in total. The third-order valence-electron chi connectivity index (χ3n) is 7.24. The highest BCUT2D eigenvalue weighted by atomic mass is 16.3. The average Bonchev–Trinajstić information content (AvgIpc) is 3.31. The third kappa shape index (κ3) is 4.03. The number of nitrogens with zero attached hydrogens (tertiary/aromatic N) is 2. The quantitative estimate of drug-likeness (QED) is 0.275. The topological polar surface area (TPSA) is 37.9 Å². The van der Waals surface area contributed by atoms with Gasteiger partial charge in [-0.15, -0.1) is 0 Å². The molecule has 0 saturated carbocycles. The van der Waals surface area contributed by atoms with Crippen LogP contribution in [0.2, 0.25) is 0 Å². The van der Waals surface area contributed by atoms with E-state index in [9.17, 15) is 0 Å². The Kier molecular flexibility index (Phi) is 6.73. The Balaban J connectivity index is 1.89. The second-order valence-electron chi connectivity index (χ2n) is 9.35. The van der Waals surface area contributed by atoms with Gasteiger partial charge in [0, 0.05) is 11.1 Å². The van der Waals surface area contributed by atoms with Gasteiger partial charge in [0.1, 0.15) is 11.5 Å². The van der Waals surface area contributed by atoms with E-state index in [1.54, 1.807) is 0 Å². The highest BCUT2D eigenvalue weighted by molar-refractivity contribution is 6.57. The molecule has 5 rings (SSSR count). The molecule has 182 valence electrons. The molecule has 0 aliphatic heterocycles. The second-order valence-corrected chi connectivity index (χ2v) is 9.35. The Morgan fingerprint density at radius 2 is 1.06 bits per heavy atom. The van der Waals surface area contributed by atoms with E-state index in [4.69, 9.17) is 14.4 Å². The van der Waals surface area contributed by atoms with Crippen LogP contribution in [-0.4, -0.2) is 11.4 Å². The van der Waals surface area contributed by atoms with Crippen molar-refractivity contribution in [1.82, 2.24) is 0 Å². The number of rotatable bonds is 6. The van der Waals surface area contributed by atoms with Gasteiger partial charge in [-0.3, -0.25) is 0 Å². The summed E-state index contributed by atoms with van der Waals surface area (Å²) in [5.41, 5.74) is 13.3. The van der Waals surface area contributed by atoms with Gasteiger partial charge >= 0.3 is 0 Å². The Labute approximate surface area is 214 Å². The number of para-hydroxylation sites is 2. The highest BCUT2D eigenvalue weighted by Gasteiger charge is 2.32. The van der Waals surface area contributed by atoms with E-state index in [0.29, 0.717) is 0 Å². The lowest BCUT2D eigenvalue weighted by Crippen LogP contribution is -2.23.